The van der Waals surface area contributed by atoms with Crippen molar-refractivity contribution in [2.75, 3.05) is 0 Å². The van der Waals surface area contributed by atoms with Crippen molar-refractivity contribution in [1.82, 2.24) is 19.5 Å². The summed E-state index contributed by atoms with van der Waals surface area (Å²) in [4.78, 5) is 16.0. The smallest absolute Gasteiger partial charge is 0.165 e. The van der Waals surface area contributed by atoms with Crippen molar-refractivity contribution in [3.05, 3.63) is 218 Å². The highest BCUT2D eigenvalue weighted by atomic mass is 16.3. The molecule has 14 rings (SSSR count). The lowest BCUT2D eigenvalue weighted by Crippen LogP contribution is -2.02. The van der Waals surface area contributed by atoms with Crippen LogP contribution in [0.15, 0.2) is 223 Å². The molecular formula is C61H36N4O. The van der Waals surface area contributed by atoms with E-state index in [4.69, 9.17) is 19.4 Å². The maximum absolute atomic E-state index is 6.72. The van der Waals surface area contributed by atoms with Crippen LogP contribution in [0.5, 0.6) is 0 Å². The van der Waals surface area contributed by atoms with Crippen molar-refractivity contribution in [2.24, 2.45) is 0 Å². The number of para-hydroxylation sites is 1. The molecule has 0 spiro atoms. The summed E-state index contributed by atoms with van der Waals surface area (Å²) in [6.07, 6.45) is 0. The summed E-state index contributed by atoms with van der Waals surface area (Å²) in [6.45, 7) is 0. The summed E-state index contributed by atoms with van der Waals surface area (Å²) in [5, 5.41) is 13.7. The first kappa shape index (κ1) is 36.5. The SMILES string of the molecule is c1ccc(-c2nc(-c3ccc(-n4c5ccccc5c5cc6ccccc6cc54)c(-c4cccc5oc6cc7ccccc7cc6c45)c3)nc(-c3c4ccccc4cc4ccccc34)n2)cc1. The Bertz CT molecular complexity index is 4240. The van der Waals surface area contributed by atoms with Crippen LogP contribution in [0.25, 0.3) is 138 Å². The molecule has 3 aromatic heterocycles. The Morgan fingerprint density at radius 2 is 0.894 bits per heavy atom. The Hall–Kier alpha value is -8.93. The second kappa shape index (κ2) is 14.3. The zero-order valence-corrected chi connectivity index (χ0v) is 35.5. The Kier molecular flexibility index (Phi) is 7.91. The molecule has 0 atom stereocenters. The number of hydrogen-bond acceptors (Lipinski definition) is 4. The van der Waals surface area contributed by atoms with Gasteiger partial charge < -0.3 is 8.98 Å². The molecule has 0 fully saturated rings. The third-order valence-electron chi connectivity index (χ3n) is 13.4. The van der Waals surface area contributed by atoms with E-state index >= 15 is 0 Å². The molecule has 0 unspecified atom stereocenters. The Balaban J connectivity index is 1.09. The highest BCUT2D eigenvalue weighted by Crippen LogP contribution is 2.45. The van der Waals surface area contributed by atoms with E-state index in [0.717, 1.165) is 98.8 Å². The molecule has 0 amide bonds. The maximum Gasteiger partial charge on any atom is 0.165 e. The van der Waals surface area contributed by atoms with E-state index < -0.39 is 0 Å². The first-order valence-corrected chi connectivity index (χ1v) is 22.3. The second-order valence-electron chi connectivity index (χ2n) is 17.1. The van der Waals surface area contributed by atoms with Gasteiger partial charge in [0.2, 0.25) is 0 Å². The van der Waals surface area contributed by atoms with Crippen molar-refractivity contribution in [3.8, 4) is 51.0 Å². The van der Waals surface area contributed by atoms with Crippen LogP contribution < -0.4 is 0 Å². The fraction of sp³-hybridized carbons (Fsp3) is 0. The molecule has 14 aromatic rings. The molecule has 0 bridgehead atoms. The normalized spacial score (nSPS) is 11.9. The quantitative estimate of drug-likeness (QED) is 0.162. The molecule has 0 aliphatic carbocycles. The summed E-state index contributed by atoms with van der Waals surface area (Å²) in [7, 11) is 0. The molecule has 0 saturated heterocycles. The first-order chi connectivity index (χ1) is 32.7. The summed E-state index contributed by atoms with van der Waals surface area (Å²) in [5.74, 6) is 1.83. The van der Waals surface area contributed by atoms with Crippen molar-refractivity contribution in [3.63, 3.8) is 0 Å². The van der Waals surface area contributed by atoms with Crippen LogP contribution in [-0.4, -0.2) is 19.5 Å². The summed E-state index contributed by atoms with van der Waals surface area (Å²) in [5.41, 5.74) is 9.86. The van der Waals surface area contributed by atoms with E-state index in [1.807, 2.05) is 18.2 Å². The van der Waals surface area contributed by atoms with Crippen LogP contribution in [0.1, 0.15) is 0 Å². The molecule has 0 radical (unpaired) electrons. The van der Waals surface area contributed by atoms with Gasteiger partial charge in [0, 0.05) is 43.8 Å². The van der Waals surface area contributed by atoms with Gasteiger partial charge in [0.1, 0.15) is 11.2 Å². The third kappa shape index (κ3) is 5.63. The molecule has 0 N–H and O–H groups in total. The lowest BCUT2D eigenvalue weighted by molar-refractivity contribution is 0.669. The number of rotatable bonds is 5. The van der Waals surface area contributed by atoms with E-state index in [1.165, 1.54) is 21.5 Å². The van der Waals surface area contributed by atoms with E-state index in [2.05, 4.69) is 205 Å². The lowest BCUT2D eigenvalue weighted by Gasteiger charge is -2.17. The number of nitrogens with zero attached hydrogens (tertiary/aromatic N) is 4. The van der Waals surface area contributed by atoms with E-state index in [0.29, 0.717) is 17.5 Å². The maximum atomic E-state index is 6.72. The Morgan fingerprint density at radius 1 is 0.318 bits per heavy atom. The van der Waals surface area contributed by atoms with E-state index in [9.17, 15) is 0 Å². The molecule has 3 heterocycles. The summed E-state index contributed by atoms with van der Waals surface area (Å²) < 4.78 is 9.15. The van der Waals surface area contributed by atoms with Gasteiger partial charge in [-0.2, -0.15) is 0 Å². The molecule has 306 valence electrons. The van der Waals surface area contributed by atoms with Crippen molar-refractivity contribution < 1.29 is 4.42 Å². The minimum Gasteiger partial charge on any atom is -0.456 e. The van der Waals surface area contributed by atoms with Gasteiger partial charge in [-0.3, -0.25) is 0 Å². The van der Waals surface area contributed by atoms with Gasteiger partial charge in [-0.25, -0.2) is 15.0 Å². The van der Waals surface area contributed by atoms with Gasteiger partial charge >= 0.3 is 0 Å². The fourth-order valence-corrected chi connectivity index (χ4v) is 10.3. The Morgan fingerprint density at radius 3 is 1.62 bits per heavy atom. The molecular weight excluding hydrogens is 805 g/mol. The van der Waals surface area contributed by atoms with Gasteiger partial charge in [-0.15, -0.1) is 0 Å². The predicted octanol–water partition coefficient (Wildman–Crippen LogP) is 16.1. The van der Waals surface area contributed by atoms with Crippen LogP contribution in [0, 0.1) is 0 Å². The van der Waals surface area contributed by atoms with E-state index in [1.54, 1.807) is 0 Å². The lowest BCUT2D eigenvalue weighted by atomic mass is 9.95. The molecule has 5 nitrogen and oxygen atoms in total. The fourth-order valence-electron chi connectivity index (χ4n) is 10.3. The van der Waals surface area contributed by atoms with Crippen LogP contribution in [0.2, 0.25) is 0 Å². The molecule has 66 heavy (non-hydrogen) atoms. The minimum absolute atomic E-state index is 0.590. The van der Waals surface area contributed by atoms with Crippen molar-refractivity contribution >= 4 is 86.8 Å². The molecule has 0 saturated carbocycles. The van der Waals surface area contributed by atoms with Crippen molar-refractivity contribution in [1.29, 1.82) is 0 Å². The van der Waals surface area contributed by atoms with Crippen LogP contribution in [0.3, 0.4) is 0 Å². The van der Waals surface area contributed by atoms with Crippen LogP contribution in [-0.2, 0) is 0 Å². The third-order valence-corrected chi connectivity index (χ3v) is 13.4. The predicted molar refractivity (Wildman–Crippen MR) is 273 cm³/mol. The highest BCUT2D eigenvalue weighted by molar-refractivity contribution is 6.18. The number of benzene rings is 11. The van der Waals surface area contributed by atoms with Crippen LogP contribution >= 0.6 is 0 Å². The van der Waals surface area contributed by atoms with Crippen molar-refractivity contribution in [2.45, 2.75) is 0 Å². The standard InChI is InChI=1S/C61H36N4O/c1-2-15-37(16-3-1)59-62-60(64-61(63-59)58-45-23-10-8-21-42(45)31-43-22-9-11-24-46(43)58)44-29-30-53(65-52-27-13-12-25-47(52)49-32-38-17-4-6-19-40(38)35-54(49)65)50(34-44)48-26-14-28-55-57(48)51-33-39-18-5-7-20-41(39)36-56(51)66-55/h1-36H. The molecule has 5 heteroatoms. The number of furan rings is 1. The number of aromatic nitrogens is 4. The minimum atomic E-state index is 0.590. The monoisotopic (exact) mass is 840 g/mol. The van der Waals surface area contributed by atoms with Gasteiger partial charge in [-0.1, -0.05) is 158 Å². The average molecular weight is 841 g/mol. The van der Waals surface area contributed by atoms with Gasteiger partial charge in [-0.05, 0) is 109 Å². The topological polar surface area (TPSA) is 56.7 Å². The number of fused-ring (bicyclic) bond motifs is 10. The van der Waals surface area contributed by atoms with E-state index in [-0.39, 0.29) is 0 Å². The summed E-state index contributed by atoms with van der Waals surface area (Å²) >= 11 is 0. The highest BCUT2D eigenvalue weighted by Gasteiger charge is 2.23. The largest absolute Gasteiger partial charge is 0.456 e. The van der Waals surface area contributed by atoms with Crippen LogP contribution in [0.4, 0.5) is 0 Å². The van der Waals surface area contributed by atoms with Gasteiger partial charge in [0.25, 0.3) is 0 Å². The molecule has 0 aliphatic heterocycles. The molecule has 0 aliphatic rings. The number of hydrogen-bond donors (Lipinski definition) is 0. The van der Waals surface area contributed by atoms with Gasteiger partial charge in [0.15, 0.2) is 17.5 Å². The Labute approximate surface area is 378 Å². The van der Waals surface area contributed by atoms with Gasteiger partial charge in [0.05, 0.1) is 16.7 Å². The second-order valence-corrected chi connectivity index (χ2v) is 17.1. The zero-order chi connectivity index (χ0) is 43.3. The summed E-state index contributed by atoms with van der Waals surface area (Å²) in [6, 6.07) is 77.6. The zero-order valence-electron chi connectivity index (χ0n) is 35.5. The average Bonchev–Trinajstić information content (AvgIpc) is 3.91. The molecule has 11 aromatic carbocycles. The first-order valence-electron chi connectivity index (χ1n) is 22.3.